The predicted molar refractivity (Wildman–Crippen MR) is 77.1 cm³/mol. The minimum absolute atomic E-state index is 0.194. The number of pyridine rings is 1. The van der Waals surface area contributed by atoms with E-state index in [0.717, 1.165) is 11.3 Å². The summed E-state index contributed by atoms with van der Waals surface area (Å²) in [6.07, 6.45) is 1.61. The number of nitriles is 1. The van der Waals surface area contributed by atoms with Crippen molar-refractivity contribution in [2.24, 2.45) is 0 Å². The van der Waals surface area contributed by atoms with Crippen molar-refractivity contribution in [3.05, 3.63) is 53.2 Å². The van der Waals surface area contributed by atoms with E-state index in [4.69, 9.17) is 15.4 Å². The number of methoxy groups -OCH3 is 1. The maximum absolute atomic E-state index is 8.90. The van der Waals surface area contributed by atoms with Gasteiger partial charge in [-0.1, -0.05) is 0 Å². The largest absolute Gasteiger partial charge is 0.480 e. The summed E-state index contributed by atoms with van der Waals surface area (Å²) in [5.74, 6) is 0.592. The number of hydrogen-bond donors (Lipinski definition) is 2. The highest BCUT2D eigenvalue weighted by molar-refractivity contribution is 6.07. The molecular weight excluding hydrogens is 252 g/mol. The van der Waals surface area contributed by atoms with Crippen LogP contribution >= 0.6 is 0 Å². The number of nitrogens with one attached hydrogen (secondary N) is 2. The number of aromatic nitrogens is 1. The monoisotopic (exact) mass is 266 g/mol. The molecule has 0 aliphatic heterocycles. The minimum Gasteiger partial charge on any atom is -0.480 e. The first-order chi connectivity index (χ1) is 9.65. The Morgan fingerprint density at radius 1 is 1.40 bits per heavy atom. The SMILES string of the molecule is COc1ncccc1C(=N)Nc1ccc(C#N)c(C)c1. The first kappa shape index (κ1) is 13.6. The average molecular weight is 266 g/mol. The molecule has 0 spiro atoms. The highest BCUT2D eigenvalue weighted by Crippen LogP contribution is 2.18. The van der Waals surface area contributed by atoms with Gasteiger partial charge >= 0.3 is 0 Å². The van der Waals surface area contributed by atoms with E-state index in [9.17, 15) is 0 Å². The molecule has 0 saturated heterocycles. The van der Waals surface area contributed by atoms with Gasteiger partial charge in [0.25, 0.3) is 0 Å². The topological polar surface area (TPSA) is 81.8 Å². The molecule has 1 heterocycles. The van der Waals surface area contributed by atoms with Crippen molar-refractivity contribution in [3.8, 4) is 11.9 Å². The zero-order valence-corrected chi connectivity index (χ0v) is 11.3. The number of hydrogen-bond acceptors (Lipinski definition) is 4. The van der Waals surface area contributed by atoms with Gasteiger partial charge in [0.2, 0.25) is 5.88 Å². The molecule has 5 heteroatoms. The second-order valence-corrected chi connectivity index (χ2v) is 4.20. The van der Waals surface area contributed by atoms with Crippen LogP contribution in [0.5, 0.6) is 5.88 Å². The van der Waals surface area contributed by atoms with Crippen LogP contribution in [-0.2, 0) is 0 Å². The van der Waals surface area contributed by atoms with Gasteiger partial charge in [0.15, 0.2) is 0 Å². The third-order valence-corrected chi connectivity index (χ3v) is 2.85. The van der Waals surface area contributed by atoms with E-state index in [2.05, 4.69) is 16.4 Å². The summed E-state index contributed by atoms with van der Waals surface area (Å²) in [7, 11) is 1.52. The molecule has 0 aliphatic carbocycles. The van der Waals surface area contributed by atoms with Crippen LogP contribution in [0.1, 0.15) is 16.7 Å². The van der Waals surface area contributed by atoms with E-state index in [1.165, 1.54) is 7.11 Å². The molecule has 0 radical (unpaired) electrons. The van der Waals surface area contributed by atoms with Crippen molar-refractivity contribution in [2.45, 2.75) is 6.92 Å². The van der Waals surface area contributed by atoms with Crippen LogP contribution in [0.25, 0.3) is 0 Å². The Kier molecular flexibility index (Phi) is 3.96. The lowest BCUT2D eigenvalue weighted by atomic mass is 10.1. The van der Waals surface area contributed by atoms with Crippen molar-refractivity contribution in [2.75, 3.05) is 12.4 Å². The fourth-order valence-corrected chi connectivity index (χ4v) is 1.82. The third-order valence-electron chi connectivity index (χ3n) is 2.85. The normalized spacial score (nSPS) is 9.65. The summed E-state index contributed by atoms with van der Waals surface area (Å²) in [4.78, 5) is 4.06. The van der Waals surface area contributed by atoms with Gasteiger partial charge in [0.05, 0.1) is 24.3 Å². The summed E-state index contributed by atoms with van der Waals surface area (Å²) in [6.45, 7) is 1.86. The summed E-state index contributed by atoms with van der Waals surface area (Å²) in [5.41, 5.74) is 2.82. The molecular formula is C15H14N4O. The zero-order valence-electron chi connectivity index (χ0n) is 11.3. The second-order valence-electron chi connectivity index (χ2n) is 4.20. The lowest BCUT2D eigenvalue weighted by Crippen LogP contribution is -2.14. The Morgan fingerprint density at radius 2 is 2.20 bits per heavy atom. The molecule has 0 amide bonds. The Hall–Kier alpha value is -2.87. The van der Waals surface area contributed by atoms with Crippen LogP contribution in [0.15, 0.2) is 36.5 Å². The van der Waals surface area contributed by atoms with Gasteiger partial charge in [-0.15, -0.1) is 0 Å². The zero-order chi connectivity index (χ0) is 14.5. The van der Waals surface area contributed by atoms with E-state index in [-0.39, 0.29) is 5.84 Å². The van der Waals surface area contributed by atoms with Crippen molar-refractivity contribution in [1.82, 2.24) is 4.98 Å². The van der Waals surface area contributed by atoms with Crippen LogP contribution in [0, 0.1) is 23.7 Å². The maximum atomic E-state index is 8.90. The molecule has 0 bridgehead atoms. The Morgan fingerprint density at radius 3 is 2.85 bits per heavy atom. The van der Waals surface area contributed by atoms with E-state index >= 15 is 0 Å². The lowest BCUT2D eigenvalue weighted by molar-refractivity contribution is 0.397. The first-order valence-electron chi connectivity index (χ1n) is 6.01. The Bertz CT molecular complexity index is 689. The van der Waals surface area contributed by atoms with Gasteiger partial charge in [-0.25, -0.2) is 4.98 Å². The maximum Gasteiger partial charge on any atom is 0.224 e. The quantitative estimate of drug-likeness (QED) is 0.661. The van der Waals surface area contributed by atoms with E-state index in [1.54, 1.807) is 30.5 Å². The molecule has 0 atom stereocenters. The van der Waals surface area contributed by atoms with Gasteiger partial charge in [-0.2, -0.15) is 5.26 Å². The van der Waals surface area contributed by atoms with E-state index in [0.29, 0.717) is 17.0 Å². The molecule has 2 rings (SSSR count). The van der Waals surface area contributed by atoms with Crippen molar-refractivity contribution >= 4 is 11.5 Å². The minimum atomic E-state index is 0.194. The van der Waals surface area contributed by atoms with Gasteiger partial charge in [0, 0.05) is 11.9 Å². The number of aryl methyl sites for hydroxylation is 1. The smallest absolute Gasteiger partial charge is 0.224 e. The summed E-state index contributed by atoms with van der Waals surface area (Å²) in [6, 6.07) is 10.9. The second kappa shape index (κ2) is 5.85. The fourth-order valence-electron chi connectivity index (χ4n) is 1.82. The summed E-state index contributed by atoms with van der Waals surface area (Å²) < 4.78 is 5.13. The van der Waals surface area contributed by atoms with Crippen LogP contribution in [0.3, 0.4) is 0 Å². The highest BCUT2D eigenvalue weighted by atomic mass is 16.5. The number of anilines is 1. The number of nitrogens with zero attached hydrogens (tertiary/aromatic N) is 2. The number of amidine groups is 1. The standard InChI is InChI=1S/C15H14N4O/c1-10-8-12(6-5-11(10)9-16)19-14(17)13-4-3-7-18-15(13)20-2/h3-8H,1-2H3,(H2,17,19). The Balaban J connectivity index is 2.24. The third kappa shape index (κ3) is 2.75. The van der Waals surface area contributed by atoms with Crippen LogP contribution < -0.4 is 10.1 Å². The molecule has 0 saturated carbocycles. The molecule has 2 N–H and O–H groups in total. The van der Waals surface area contributed by atoms with Gasteiger partial charge in [-0.3, -0.25) is 5.41 Å². The van der Waals surface area contributed by atoms with Gasteiger partial charge < -0.3 is 10.1 Å². The number of rotatable bonds is 3. The Labute approximate surface area is 117 Å². The molecule has 2 aromatic rings. The van der Waals surface area contributed by atoms with Crippen molar-refractivity contribution in [3.63, 3.8) is 0 Å². The van der Waals surface area contributed by atoms with Crippen molar-refractivity contribution in [1.29, 1.82) is 10.7 Å². The van der Waals surface area contributed by atoms with E-state index in [1.807, 2.05) is 13.0 Å². The van der Waals surface area contributed by atoms with E-state index < -0.39 is 0 Å². The molecule has 20 heavy (non-hydrogen) atoms. The van der Waals surface area contributed by atoms with Gasteiger partial charge in [0.1, 0.15) is 5.84 Å². The van der Waals surface area contributed by atoms with Crippen molar-refractivity contribution < 1.29 is 4.74 Å². The van der Waals surface area contributed by atoms with Gasteiger partial charge in [-0.05, 0) is 42.8 Å². The molecule has 1 aromatic carbocycles. The molecule has 0 fully saturated rings. The summed E-state index contributed by atoms with van der Waals surface area (Å²) >= 11 is 0. The summed E-state index contributed by atoms with van der Waals surface area (Å²) in [5, 5.41) is 20.0. The molecule has 100 valence electrons. The highest BCUT2D eigenvalue weighted by Gasteiger charge is 2.10. The molecule has 0 unspecified atom stereocenters. The first-order valence-corrected chi connectivity index (χ1v) is 6.01. The van der Waals surface area contributed by atoms with Crippen LogP contribution in [0.2, 0.25) is 0 Å². The van der Waals surface area contributed by atoms with Crippen LogP contribution in [0.4, 0.5) is 5.69 Å². The molecule has 0 aliphatic rings. The lowest BCUT2D eigenvalue weighted by Gasteiger charge is -2.11. The number of benzene rings is 1. The fraction of sp³-hybridized carbons (Fsp3) is 0.133. The molecule has 5 nitrogen and oxygen atoms in total. The van der Waals surface area contributed by atoms with Crippen LogP contribution in [-0.4, -0.2) is 17.9 Å². The molecule has 1 aromatic heterocycles. The predicted octanol–water partition coefficient (Wildman–Crippen LogP) is 2.71. The average Bonchev–Trinajstić information content (AvgIpc) is 2.47. The number of ether oxygens (including phenoxy) is 1.